The molecule has 2 heteroatoms. The lowest BCUT2D eigenvalue weighted by Gasteiger charge is -2.44. The Balaban J connectivity index is 1.94. The average molecular weight is 253 g/mol. The van der Waals surface area contributed by atoms with E-state index in [1.165, 1.54) is 25.8 Å². The summed E-state index contributed by atoms with van der Waals surface area (Å²) in [5.74, 6) is 2.70. The van der Waals surface area contributed by atoms with Crippen molar-refractivity contribution < 1.29 is 5.11 Å². The van der Waals surface area contributed by atoms with Gasteiger partial charge in [0.15, 0.2) is 0 Å². The molecule has 1 heterocycles. The zero-order chi connectivity index (χ0) is 13.3. The summed E-state index contributed by atoms with van der Waals surface area (Å²) in [5.41, 5.74) is 0. The van der Waals surface area contributed by atoms with Crippen molar-refractivity contribution in [2.45, 2.75) is 65.5 Å². The molecule has 1 aliphatic heterocycles. The lowest BCUT2D eigenvalue weighted by Crippen LogP contribution is -2.48. The fraction of sp³-hybridized carbons (Fsp3) is 1.00. The summed E-state index contributed by atoms with van der Waals surface area (Å²) in [7, 11) is 0. The van der Waals surface area contributed by atoms with Crippen molar-refractivity contribution >= 4 is 0 Å². The van der Waals surface area contributed by atoms with Crippen molar-refractivity contribution in [3.63, 3.8) is 0 Å². The molecule has 0 radical (unpaired) electrons. The number of piperidine rings is 1. The molecule has 2 aliphatic rings. The van der Waals surface area contributed by atoms with Gasteiger partial charge in [-0.3, -0.25) is 0 Å². The van der Waals surface area contributed by atoms with E-state index in [1.807, 2.05) is 0 Å². The smallest absolute Gasteiger partial charge is 0.0585 e. The molecule has 6 unspecified atom stereocenters. The SMILES string of the molecule is CC1CC(C)C(CN2CC(C)CCC2C)C(O)C1. The van der Waals surface area contributed by atoms with E-state index in [0.29, 0.717) is 23.8 Å². The normalized spacial score (nSPS) is 47.2. The molecule has 0 aromatic carbocycles. The Morgan fingerprint density at radius 2 is 1.72 bits per heavy atom. The van der Waals surface area contributed by atoms with E-state index in [4.69, 9.17) is 0 Å². The van der Waals surface area contributed by atoms with Gasteiger partial charge >= 0.3 is 0 Å². The number of aliphatic hydroxyl groups is 1. The molecule has 1 aliphatic carbocycles. The van der Waals surface area contributed by atoms with Crippen molar-refractivity contribution in [2.24, 2.45) is 23.7 Å². The predicted molar refractivity (Wildman–Crippen MR) is 76.5 cm³/mol. The second-order valence-corrected chi connectivity index (χ2v) is 7.27. The van der Waals surface area contributed by atoms with Crippen LogP contribution in [0.1, 0.15) is 53.4 Å². The topological polar surface area (TPSA) is 23.5 Å². The van der Waals surface area contributed by atoms with Crippen molar-refractivity contribution in [3.8, 4) is 0 Å². The fourth-order valence-corrected chi connectivity index (χ4v) is 4.08. The summed E-state index contributed by atoms with van der Waals surface area (Å²) >= 11 is 0. The molecule has 0 spiro atoms. The number of hydrogen-bond donors (Lipinski definition) is 1. The molecule has 2 nitrogen and oxygen atoms in total. The van der Waals surface area contributed by atoms with Gasteiger partial charge in [-0.05, 0) is 50.4 Å². The van der Waals surface area contributed by atoms with Crippen LogP contribution in [0.2, 0.25) is 0 Å². The predicted octanol–water partition coefficient (Wildman–Crippen LogP) is 3.15. The van der Waals surface area contributed by atoms with Crippen LogP contribution in [-0.4, -0.2) is 35.2 Å². The number of nitrogens with zero attached hydrogens (tertiary/aromatic N) is 1. The fourth-order valence-electron chi connectivity index (χ4n) is 4.08. The van der Waals surface area contributed by atoms with Gasteiger partial charge in [0.25, 0.3) is 0 Å². The summed E-state index contributed by atoms with van der Waals surface area (Å²) in [6, 6.07) is 0.708. The Hall–Kier alpha value is -0.0800. The summed E-state index contributed by atoms with van der Waals surface area (Å²) in [4.78, 5) is 2.63. The van der Waals surface area contributed by atoms with E-state index in [2.05, 4.69) is 32.6 Å². The van der Waals surface area contributed by atoms with Crippen LogP contribution in [0.15, 0.2) is 0 Å². The second-order valence-electron chi connectivity index (χ2n) is 7.27. The Labute approximate surface area is 113 Å². The number of rotatable bonds is 2. The van der Waals surface area contributed by atoms with Crippen LogP contribution in [0.3, 0.4) is 0 Å². The van der Waals surface area contributed by atoms with Gasteiger partial charge in [-0.1, -0.05) is 20.8 Å². The van der Waals surface area contributed by atoms with Crippen molar-refractivity contribution in [3.05, 3.63) is 0 Å². The van der Waals surface area contributed by atoms with Gasteiger partial charge in [0.1, 0.15) is 0 Å². The first-order valence-electron chi connectivity index (χ1n) is 7.89. The van der Waals surface area contributed by atoms with Gasteiger partial charge in [0.05, 0.1) is 6.10 Å². The molecule has 2 rings (SSSR count). The van der Waals surface area contributed by atoms with Crippen LogP contribution >= 0.6 is 0 Å². The third kappa shape index (κ3) is 3.27. The lowest BCUT2D eigenvalue weighted by atomic mass is 9.73. The standard InChI is InChI=1S/C16H31NO/c1-11-5-6-14(4)17(9-11)10-15-13(3)7-12(2)8-16(15)18/h11-16,18H,5-10H2,1-4H3. The molecular weight excluding hydrogens is 222 g/mol. The molecule has 1 N–H and O–H groups in total. The maximum Gasteiger partial charge on any atom is 0.0585 e. The molecule has 18 heavy (non-hydrogen) atoms. The van der Waals surface area contributed by atoms with E-state index in [1.54, 1.807) is 0 Å². The van der Waals surface area contributed by atoms with Gasteiger partial charge in [-0.2, -0.15) is 0 Å². The lowest BCUT2D eigenvalue weighted by molar-refractivity contribution is -0.0170. The van der Waals surface area contributed by atoms with Crippen molar-refractivity contribution in [1.82, 2.24) is 4.90 Å². The highest BCUT2D eigenvalue weighted by Crippen LogP contribution is 2.35. The van der Waals surface area contributed by atoms with E-state index in [-0.39, 0.29) is 6.10 Å². The van der Waals surface area contributed by atoms with Crippen LogP contribution in [0, 0.1) is 23.7 Å². The van der Waals surface area contributed by atoms with Crippen molar-refractivity contribution in [2.75, 3.05) is 13.1 Å². The molecule has 0 aromatic heterocycles. The second kappa shape index (κ2) is 5.92. The Morgan fingerprint density at radius 3 is 2.39 bits per heavy atom. The molecule has 106 valence electrons. The first kappa shape index (κ1) is 14.3. The third-order valence-electron chi connectivity index (χ3n) is 5.34. The van der Waals surface area contributed by atoms with Gasteiger partial charge in [-0.15, -0.1) is 0 Å². The first-order chi connectivity index (χ1) is 8.47. The summed E-state index contributed by atoms with van der Waals surface area (Å²) < 4.78 is 0. The zero-order valence-corrected chi connectivity index (χ0v) is 12.6. The van der Waals surface area contributed by atoms with Crippen LogP contribution in [-0.2, 0) is 0 Å². The van der Waals surface area contributed by atoms with Gasteiger partial charge in [0.2, 0.25) is 0 Å². The highest BCUT2D eigenvalue weighted by molar-refractivity contribution is 4.87. The van der Waals surface area contributed by atoms with Gasteiger partial charge in [-0.25, -0.2) is 0 Å². The number of aliphatic hydroxyl groups excluding tert-OH is 1. The molecule has 2 fully saturated rings. The Morgan fingerprint density at radius 1 is 1.00 bits per heavy atom. The van der Waals surface area contributed by atoms with Crippen LogP contribution in [0.5, 0.6) is 0 Å². The molecule has 6 atom stereocenters. The number of hydrogen-bond acceptors (Lipinski definition) is 2. The van der Waals surface area contributed by atoms with E-state index >= 15 is 0 Å². The molecule has 1 saturated heterocycles. The summed E-state index contributed by atoms with van der Waals surface area (Å²) in [5, 5.41) is 10.4. The molecule has 0 aromatic rings. The quantitative estimate of drug-likeness (QED) is 0.817. The molecule has 1 saturated carbocycles. The summed E-state index contributed by atoms with van der Waals surface area (Å²) in [6.07, 6.45) is 4.92. The van der Waals surface area contributed by atoms with Crippen LogP contribution in [0.4, 0.5) is 0 Å². The van der Waals surface area contributed by atoms with Gasteiger partial charge < -0.3 is 10.0 Å². The molecule has 0 amide bonds. The minimum atomic E-state index is -0.0758. The number of likely N-dealkylation sites (tertiary alicyclic amines) is 1. The van der Waals surface area contributed by atoms with Crippen molar-refractivity contribution in [1.29, 1.82) is 0 Å². The highest BCUT2D eigenvalue weighted by Gasteiger charge is 2.35. The maximum atomic E-state index is 10.4. The van der Waals surface area contributed by atoms with Gasteiger partial charge in [0, 0.05) is 25.0 Å². The third-order valence-corrected chi connectivity index (χ3v) is 5.34. The molecular formula is C16H31NO. The highest BCUT2D eigenvalue weighted by atomic mass is 16.3. The van der Waals surface area contributed by atoms with E-state index < -0.39 is 0 Å². The van der Waals surface area contributed by atoms with E-state index in [0.717, 1.165) is 18.9 Å². The Kier molecular flexibility index (Phi) is 4.71. The monoisotopic (exact) mass is 253 g/mol. The largest absolute Gasteiger partial charge is 0.393 e. The first-order valence-corrected chi connectivity index (χ1v) is 7.89. The maximum absolute atomic E-state index is 10.4. The van der Waals surface area contributed by atoms with Crippen LogP contribution in [0.25, 0.3) is 0 Å². The molecule has 0 bridgehead atoms. The minimum Gasteiger partial charge on any atom is -0.393 e. The van der Waals surface area contributed by atoms with Crippen LogP contribution < -0.4 is 0 Å². The zero-order valence-electron chi connectivity index (χ0n) is 12.6. The minimum absolute atomic E-state index is 0.0758. The van der Waals surface area contributed by atoms with E-state index in [9.17, 15) is 5.11 Å². The summed E-state index contributed by atoms with van der Waals surface area (Å²) in [6.45, 7) is 11.7. The Bertz CT molecular complexity index is 256. The average Bonchev–Trinajstić information content (AvgIpc) is 2.28.